The molecule has 4 nitrogen and oxygen atoms in total. The van der Waals surface area contributed by atoms with Gasteiger partial charge in [0.2, 0.25) is 5.91 Å². The van der Waals surface area contributed by atoms with Crippen LogP contribution in [0.25, 0.3) is 0 Å². The lowest BCUT2D eigenvalue weighted by atomic mass is 9.96. The molecular weight excluding hydrogens is 238 g/mol. The number of likely N-dealkylation sites (tertiary alicyclic amines) is 1. The largest absolute Gasteiger partial charge is 0.355 e. The summed E-state index contributed by atoms with van der Waals surface area (Å²) in [5.74, 6) is 0.822. The Morgan fingerprint density at radius 2 is 2.05 bits per heavy atom. The lowest BCUT2D eigenvalue weighted by molar-refractivity contribution is -0.123. The van der Waals surface area contributed by atoms with Gasteiger partial charge in [0.05, 0.1) is 6.54 Å². The van der Waals surface area contributed by atoms with Gasteiger partial charge in [0.25, 0.3) is 0 Å². The first kappa shape index (κ1) is 16.4. The maximum Gasteiger partial charge on any atom is 0.234 e. The first-order valence-electron chi connectivity index (χ1n) is 7.72. The van der Waals surface area contributed by atoms with Crippen LogP contribution in [0, 0.1) is 5.92 Å². The molecule has 0 spiro atoms. The van der Waals surface area contributed by atoms with Gasteiger partial charge in [-0.15, -0.1) is 0 Å². The first-order chi connectivity index (χ1) is 9.04. The van der Waals surface area contributed by atoms with Gasteiger partial charge in [-0.2, -0.15) is 0 Å². The smallest absolute Gasteiger partial charge is 0.234 e. The molecule has 1 heterocycles. The number of nitrogens with one attached hydrogen (secondary N) is 2. The lowest BCUT2D eigenvalue weighted by Crippen LogP contribution is -2.53. The highest BCUT2D eigenvalue weighted by Crippen LogP contribution is 2.19. The van der Waals surface area contributed by atoms with Gasteiger partial charge in [-0.25, -0.2) is 0 Å². The van der Waals surface area contributed by atoms with E-state index in [1.165, 1.54) is 19.3 Å². The van der Waals surface area contributed by atoms with Crippen molar-refractivity contribution in [1.29, 1.82) is 0 Å². The van der Waals surface area contributed by atoms with Crippen molar-refractivity contribution < 1.29 is 4.79 Å². The van der Waals surface area contributed by atoms with Crippen LogP contribution in [0.15, 0.2) is 0 Å². The number of hydrogen-bond donors (Lipinski definition) is 2. The molecule has 0 aliphatic carbocycles. The number of carbonyl (C=O) groups excluding carboxylic acids is 1. The van der Waals surface area contributed by atoms with Crippen LogP contribution in [0.1, 0.15) is 46.5 Å². The van der Waals surface area contributed by atoms with Gasteiger partial charge < -0.3 is 10.6 Å². The summed E-state index contributed by atoms with van der Waals surface area (Å²) in [6, 6.07) is 0.943. The van der Waals surface area contributed by atoms with E-state index in [4.69, 9.17) is 0 Å². The van der Waals surface area contributed by atoms with E-state index in [0.717, 1.165) is 19.5 Å². The zero-order valence-corrected chi connectivity index (χ0v) is 13.0. The molecule has 0 radical (unpaired) electrons. The molecule has 0 aromatic heterocycles. The highest BCUT2D eigenvalue weighted by atomic mass is 16.2. The Kier molecular flexibility index (Phi) is 7.39. The van der Waals surface area contributed by atoms with Gasteiger partial charge in [0, 0.05) is 18.6 Å². The molecule has 1 aliphatic rings. The van der Waals surface area contributed by atoms with Crippen molar-refractivity contribution in [1.82, 2.24) is 15.5 Å². The third-order valence-electron chi connectivity index (χ3n) is 4.09. The predicted molar refractivity (Wildman–Crippen MR) is 80.2 cm³/mol. The second-order valence-electron chi connectivity index (χ2n) is 6.14. The van der Waals surface area contributed by atoms with Crippen molar-refractivity contribution >= 4 is 5.91 Å². The van der Waals surface area contributed by atoms with Crippen LogP contribution in [-0.4, -0.2) is 49.6 Å². The second-order valence-corrected chi connectivity index (χ2v) is 6.14. The van der Waals surface area contributed by atoms with Crippen molar-refractivity contribution in [2.45, 2.75) is 58.5 Å². The average molecular weight is 269 g/mol. The predicted octanol–water partition coefficient (Wildman–Crippen LogP) is 1.61. The van der Waals surface area contributed by atoms with E-state index >= 15 is 0 Å². The van der Waals surface area contributed by atoms with Crippen LogP contribution in [0.3, 0.4) is 0 Å². The lowest BCUT2D eigenvalue weighted by Gasteiger charge is -2.38. The Hall–Kier alpha value is -0.610. The molecule has 112 valence electrons. The molecule has 2 N–H and O–H groups in total. The minimum absolute atomic E-state index is 0.177. The summed E-state index contributed by atoms with van der Waals surface area (Å²) >= 11 is 0. The van der Waals surface area contributed by atoms with E-state index in [9.17, 15) is 4.79 Å². The van der Waals surface area contributed by atoms with E-state index in [1.54, 1.807) is 0 Å². The minimum Gasteiger partial charge on any atom is -0.355 e. The molecule has 2 atom stereocenters. The first-order valence-corrected chi connectivity index (χ1v) is 7.72. The van der Waals surface area contributed by atoms with Gasteiger partial charge in [0.1, 0.15) is 0 Å². The summed E-state index contributed by atoms with van der Waals surface area (Å²) in [5.41, 5.74) is 0. The Bertz CT molecular complexity index is 268. The standard InChI is InChI=1S/C15H31N3O/c1-12(2)8-9-17-15(19)11-18-10-6-5-7-14(18)13(3)16-4/h12-14,16H,5-11H2,1-4H3,(H,17,19). The maximum absolute atomic E-state index is 12.0. The number of likely N-dealkylation sites (N-methyl/N-ethyl adjacent to an activating group) is 1. The normalized spacial score (nSPS) is 22.5. The monoisotopic (exact) mass is 269 g/mol. The molecule has 4 heteroatoms. The van der Waals surface area contributed by atoms with Crippen LogP contribution >= 0.6 is 0 Å². The Morgan fingerprint density at radius 3 is 2.68 bits per heavy atom. The topological polar surface area (TPSA) is 44.4 Å². The van der Waals surface area contributed by atoms with Crippen LogP contribution < -0.4 is 10.6 Å². The quantitative estimate of drug-likeness (QED) is 0.738. The van der Waals surface area contributed by atoms with Crippen LogP contribution in [0.5, 0.6) is 0 Å². The molecule has 1 aliphatic heterocycles. The molecule has 0 aromatic carbocycles. The van der Waals surface area contributed by atoms with Gasteiger partial charge in [0.15, 0.2) is 0 Å². The summed E-state index contributed by atoms with van der Waals surface area (Å²) < 4.78 is 0. The summed E-state index contributed by atoms with van der Waals surface area (Å²) in [7, 11) is 2.00. The Labute approximate surface area is 118 Å². The summed E-state index contributed by atoms with van der Waals surface area (Å²) in [4.78, 5) is 14.3. The zero-order chi connectivity index (χ0) is 14.3. The molecule has 1 rings (SSSR count). The fourth-order valence-corrected chi connectivity index (χ4v) is 2.71. The van der Waals surface area contributed by atoms with Crippen molar-refractivity contribution in [3.05, 3.63) is 0 Å². The third-order valence-corrected chi connectivity index (χ3v) is 4.09. The SMILES string of the molecule is CNC(C)C1CCCCN1CC(=O)NCCC(C)C. The molecule has 1 fully saturated rings. The molecule has 2 unspecified atom stereocenters. The van der Waals surface area contributed by atoms with Gasteiger partial charge in [-0.3, -0.25) is 9.69 Å². The highest BCUT2D eigenvalue weighted by Gasteiger charge is 2.27. The molecular formula is C15H31N3O. The van der Waals surface area contributed by atoms with E-state index in [2.05, 4.69) is 36.3 Å². The molecule has 0 saturated carbocycles. The number of amides is 1. The number of carbonyl (C=O) groups is 1. The number of piperidine rings is 1. The fourth-order valence-electron chi connectivity index (χ4n) is 2.71. The maximum atomic E-state index is 12.0. The Balaban J connectivity index is 2.37. The number of rotatable bonds is 7. The third kappa shape index (κ3) is 5.91. The van der Waals surface area contributed by atoms with Crippen LogP contribution in [-0.2, 0) is 4.79 Å². The molecule has 0 bridgehead atoms. The van der Waals surface area contributed by atoms with E-state index < -0.39 is 0 Å². The van der Waals surface area contributed by atoms with Gasteiger partial charge in [-0.1, -0.05) is 20.3 Å². The summed E-state index contributed by atoms with van der Waals surface area (Å²) in [6.07, 6.45) is 4.75. The molecule has 0 aromatic rings. The van der Waals surface area contributed by atoms with E-state index in [-0.39, 0.29) is 5.91 Å². The zero-order valence-electron chi connectivity index (χ0n) is 13.0. The van der Waals surface area contributed by atoms with Gasteiger partial charge >= 0.3 is 0 Å². The van der Waals surface area contributed by atoms with E-state index in [0.29, 0.717) is 24.5 Å². The van der Waals surface area contributed by atoms with Gasteiger partial charge in [-0.05, 0) is 45.7 Å². The number of nitrogens with zero attached hydrogens (tertiary/aromatic N) is 1. The highest BCUT2D eigenvalue weighted by molar-refractivity contribution is 5.78. The van der Waals surface area contributed by atoms with Crippen LogP contribution in [0.4, 0.5) is 0 Å². The summed E-state index contributed by atoms with van der Waals surface area (Å²) in [5, 5.41) is 6.36. The minimum atomic E-state index is 0.177. The fraction of sp³-hybridized carbons (Fsp3) is 0.933. The van der Waals surface area contributed by atoms with Crippen molar-refractivity contribution in [3.63, 3.8) is 0 Å². The van der Waals surface area contributed by atoms with E-state index in [1.807, 2.05) is 7.05 Å². The number of hydrogen-bond acceptors (Lipinski definition) is 3. The summed E-state index contributed by atoms with van der Waals surface area (Å²) in [6.45, 7) is 8.97. The van der Waals surface area contributed by atoms with Crippen molar-refractivity contribution in [2.24, 2.45) is 5.92 Å². The Morgan fingerprint density at radius 1 is 1.32 bits per heavy atom. The molecule has 1 amide bonds. The van der Waals surface area contributed by atoms with Crippen molar-refractivity contribution in [3.8, 4) is 0 Å². The van der Waals surface area contributed by atoms with Crippen molar-refractivity contribution in [2.75, 3.05) is 26.7 Å². The molecule has 19 heavy (non-hydrogen) atoms. The molecule has 1 saturated heterocycles. The van der Waals surface area contributed by atoms with Crippen LogP contribution in [0.2, 0.25) is 0 Å². The second kappa shape index (κ2) is 8.54. The average Bonchev–Trinajstić information content (AvgIpc) is 2.38.